The van der Waals surface area contributed by atoms with Crippen molar-refractivity contribution in [2.24, 2.45) is 5.92 Å². The summed E-state index contributed by atoms with van der Waals surface area (Å²) in [7, 11) is 0. The maximum Gasteiger partial charge on any atom is 0.267 e. The quantitative estimate of drug-likeness (QED) is 0.852. The maximum absolute atomic E-state index is 12.7. The first-order valence-electron chi connectivity index (χ1n) is 9.10. The van der Waals surface area contributed by atoms with Crippen LogP contribution in [0.15, 0.2) is 48.5 Å². The second-order valence-electron chi connectivity index (χ2n) is 6.91. The van der Waals surface area contributed by atoms with Crippen LogP contribution in [0.5, 0.6) is 5.75 Å². The standard InChI is InChI=1S/C21H23N3O4/c1-13(2)20(26)22-15-8-10-16(11-9-15)23-21(27)19-12-24(14(3)25)17-6-4-5-7-18(17)28-19/h4-11,13,19H,12H2,1-3H3,(H,22,26)(H,23,27)/t19-/m0/s1. The van der Waals surface area contributed by atoms with Crippen molar-refractivity contribution in [2.75, 3.05) is 22.1 Å². The molecular weight excluding hydrogens is 358 g/mol. The van der Waals surface area contributed by atoms with Gasteiger partial charge in [0.05, 0.1) is 12.2 Å². The molecule has 0 fully saturated rings. The molecule has 0 saturated heterocycles. The van der Waals surface area contributed by atoms with Crippen LogP contribution in [-0.2, 0) is 14.4 Å². The molecule has 0 saturated carbocycles. The molecule has 0 radical (unpaired) electrons. The Labute approximate surface area is 163 Å². The number of ether oxygens (including phenoxy) is 1. The molecule has 2 aromatic carbocycles. The van der Waals surface area contributed by atoms with Gasteiger partial charge in [0.15, 0.2) is 6.10 Å². The van der Waals surface area contributed by atoms with E-state index < -0.39 is 6.10 Å². The Balaban J connectivity index is 1.68. The van der Waals surface area contributed by atoms with Crippen LogP contribution in [0, 0.1) is 5.92 Å². The summed E-state index contributed by atoms with van der Waals surface area (Å²) in [6.07, 6.45) is -0.820. The molecule has 7 heteroatoms. The van der Waals surface area contributed by atoms with Crippen LogP contribution in [0.25, 0.3) is 0 Å². The summed E-state index contributed by atoms with van der Waals surface area (Å²) in [5, 5.41) is 5.58. The average molecular weight is 381 g/mol. The van der Waals surface area contributed by atoms with E-state index in [0.29, 0.717) is 22.8 Å². The number of nitrogens with one attached hydrogen (secondary N) is 2. The number of anilines is 3. The van der Waals surface area contributed by atoms with E-state index in [2.05, 4.69) is 10.6 Å². The smallest absolute Gasteiger partial charge is 0.267 e. The number of fused-ring (bicyclic) bond motifs is 1. The van der Waals surface area contributed by atoms with Crippen molar-refractivity contribution in [1.29, 1.82) is 0 Å². The summed E-state index contributed by atoms with van der Waals surface area (Å²) < 4.78 is 5.79. The maximum atomic E-state index is 12.7. The third-order valence-corrected chi connectivity index (χ3v) is 4.39. The van der Waals surface area contributed by atoms with Gasteiger partial charge in [0.25, 0.3) is 5.91 Å². The van der Waals surface area contributed by atoms with E-state index in [1.807, 2.05) is 19.9 Å². The van der Waals surface area contributed by atoms with Crippen LogP contribution < -0.4 is 20.3 Å². The summed E-state index contributed by atoms with van der Waals surface area (Å²) >= 11 is 0. The molecule has 0 aliphatic carbocycles. The van der Waals surface area contributed by atoms with E-state index in [1.54, 1.807) is 42.5 Å². The Morgan fingerprint density at radius 2 is 1.61 bits per heavy atom. The van der Waals surface area contributed by atoms with Gasteiger partial charge in [0, 0.05) is 24.2 Å². The van der Waals surface area contributed by atoms with Gasteiger partial charge in [-0.15, -0.1) is 0 Å². The number of carbonyl (C=O) groups is 3. The van der Waals surface area contributed by atoms with Crippen LogP contribution in [0.1, 0.15) is 20.8 Å². The first-order valence-corrected chi connectivity index (χ1v) is 9.10. The van der Waals surface area contributed by atoms with E-state index in [1.165, 1.54) is 11.8 Å². The molecule has 3 rings (SSSR count). The Morgan fingerprint density at radius 3 is 2.21 bits per heavy atom. The minimum Gasteiger partial charge on any atom is -0.476 e. The second kappa shape index (κ2) is 8.12. The lowest BCUT2D eigenvalue weighted by molar-refractivity contribution is -0.123. The SMILES string of the molecule is CC(=O)N1C[C@@H](C(=O)Nc2ccc(NC(=O)C(C)C)cc2)Oc2ccccc21. The molecular formula is C21H23N3O4. The van der Waals surface area contributed by atoms with E-state index >= 15 is 0 Å². The molecule has 1 heterocycles. The molecule has 1 atom stereocenters. The van der Waals surface area contributed by atoms with Gasteiger partial charge in [-0.1, -0.05) is 26.0 Å². The molecule has 146 valence electrons. The fourth-order valence-corrected chi connectivity index (χ4v) is 2.82. The van der Waals surface area contributed by atoms with Crippen molar-refractivity contribution in [3.05, 3.63) is 48.5 Å². The highest BCUT2D eigenvalue weighted by atomic mass is 16.5. The molecule has 1 aliphatic heterocycles. The number of benzene rings is 2. The van der Waals surface area contributed by atoms with Crippen molar-refractivity contribution in [1.82, 2.24) is 0 Å². The first-order chi connectivity index (χ1) is 13.3. The van der Waals surface area contributed by atoms with E-state index in [4.69, 9.17) is 4.74 Å². The summed E-state index contributed by atoms with van der Waals surface area (Å²) in [6.45, 7) is 5.23. The van der Waals surface area contributed by atoms with Gasteiger partial charge in [-0.2, -0.15) is 0 Å². The Bertz CT molecular complexity index is 893. The fourth-order valence-electron chi connectivity index (χ4n) is 2.82. The zero-order valence-electron chi connectivity index (χ0n) is 16.1. The molecule has 0 aromatic heterocycles. The van der Waals surface area contributed by atoms with Gasteiger partial charge in [0.2, 0.25) is 11.8 Å². The minimum atomic E-state index is -0.820. The number of amides is 3. The predicted octanol–water partition coefficient (Wildman–Crippen LogP) is 3.03. The van der Waals surface area contributed by atoms with Gasteiger partial charge < -0.3 is 20.3 Å². The van der Waals surface area contributed by atoms with Gasteiger partial charge in [-0.05, 0) is 36.4 Å². The Morgan fingerprint density at radius 1 is 1.00 bits per heavy atom. The summed E-state index contributed by atoms with van der Waals surface area (Å²) in [5.41, 5.74) is 1.89. The lowest BCUT2D eigenvalue weighted by Gasteiger charge is -2.33. The van der Waals surface area contributed by atoms with Gasteiger partial charge in [-0.3, -0.25) is 14.4 Å². The zero-order valence-corrected chi connectivity index (χ0v) is 16.1. The fraction of sp³-hybridized carbons (Fsp3) is 0.286. The summed E-state index contributed by atoms with van der Waals surface area (Å²) in [4.78, 5) is 37.9. The predicted molar refractivity (Wildman–Crippen MR) is 107 cm³/mol. The third-order valence-electron chi connectivity index (χ3n) is 4.39. The molecule has 3 amide bonds. The molecule has 2 N–H and O–H groups in total. The highest BCUT2D eigenvalue weighted by molar-refractivity contribution is 5.99. The Hall–Kier alpha value is -3.35. The summed E-state index contributed by atoms with van der Waals surface area (Å²) in [5.74, 6) is -0.195. The van der Waals surface area contributed by atoms with Crippen LogP contribution in [-0.4, -0.2) is 30.4 Å². The van der Waals surface area contributed by atoms with Gasteiger partial charge >= 0.3 is 0 Å². The van der Waals surface area contributed by atoms with Crippen molar-refractivity contribution < 1.29 is 19.1 Å². The van der Waals surface area contributed by atoms with Crippen LogP contribution in [0.4, 0.5) is 17.1 Å². The molecule has 7 nitrogen and oxygen atoms in total. The number of rotatable bonds is 4. The van der Waals surface area contributed by atoms with Crippen molar-refractivity contribution in [3.8, 4) is 5.75 Å². The summed E-state index contributed by atoms with van der Waals surface area (Å²) in [6, 6.07) is 14.0. The van der Waals surface area contributed by atoms with Gasteiger partial charge in [0.1, 0.15) is 5.75 Å². The number of para-hydroxylation sites is 2. The van der Waals surface area contributed by atoms with Crippen molar-refractivity contribution >= 4 is 34.8 Å². The average Bonchev–Trinajstić information content (AvgIpc) is 2.68. The van der Waals surface area contributed by atoms with Crippen LogP contribution in [0.3, 0.4) is 0 Å². The number of hydrogen-bond acceptors (Lipinski definition) is 4. The van der Waals surface area contributed by atoms with Gasteiger partial charge in [-0.25, -0.2) is 0 Å². The van der Waals surface area contributed by atoms with Crippen LogP contribution >= 0.6 is 0 Å². The minimum absolute atomic E-state index is 0.0737. The lowest BCUT2D eigenvalue weighted by Crippen LogP contribution is -2.48. The Kier molecular flexibility index (Phi) is 5.63. The lowest BCUT2D eigenvalue weighted by atomic mass is 10.1. The molecule has 0 unspecified atom stereocenters. The highest BCUT2D eigenvalue weighted by Gasteiger charge is 2.32. The first kappa shape index (κ1) is 19.4. The molecule has 28 heavy (non-hydrogen) atoms. The highest BCUT2D eigenvalue weighted by Crippen LogP contribution is 2.33. The molecule has 1 aliphatic rings. The number of carbonyl (C=O) groups excluding carboxylic acids is 3. The molecule has 0 spiro atoms. The van der Waals surface area contributed by atoms with E-state index in [0.717, 1.165) is 0 Å². The molecule has 0 bridgehead atoms. The zero-order chi connectivity index (χ0) is 20.3. The number of hydrogen-bond donors (Lipinski definition) is 2. The van der Waals surface area contributed by atoms with Crippen molar-refractivity contribution in [2.45, 2.75) is 26.9 Å². The number of nitrogens with zero attached hydrogens (tertiary/aromatic N) is 1. The van der Waals surface area contributed by atoms with E-state index in [9.17, 15) is 14.4 Å². The largest absolute Gasteiger partial charge is 0.476 e. The topological polar surface area (TPSA) is 87.7 Å². The second-order valence-corrected chi connectivity index (χ2v) is 6.91. The third kappa shape index (κ3) is 4.31. The normalized spacial score (nSPS) is 15.4. The van der Waals surface area contributed by atoms with Crippen molar-refractivity contribution in [3.63, 3.8) is 0 Å². The monoisotopic (exact) mass is 381 g/mol. The van der Waals surface area contributed by atoms with E-state index in [-0.39, 0.29) is 30.2 Å². The molecule has 2 aromatic rings. The van der Waals surface area contributed by atoms with Crippen LogP contribution in [0.2, 0.25) is 0 Å².